The van der Waals surface area contributed by atoms with Gasteiger partial charge in [0.05, 0.1) is 11.8 Å². The van der Waals surface area contributed by atoms with Crippen molar-refractivity contribution in [2.75, 3.05) is 5.32 Å². The monoisotopic (exact) mass is 323 g/mol. The van der Waals surface area contributed by atoms with Gasteiger partial charge >= 0.3 is 0 Å². The molecule has 0 aromatic carbocycles. The fraction of sp³-hybridized carbons (Fsp3) is 0.125. The molecule has 0 atom stereocenters. The summed E-state index contributed by atoms with van der Waals surface area (Å²) in [6.45, 7) is 1.60. The van der Waals surface area contributed by atoms with Crippen LogP contribution in [0.1, 0.15) is 5.82 Å². The minimum absolute atomic E-state index is 0.176. The number of carbonyl (C=O) groups is 1. The second-order valence-electron chi connectivity index (χ2n) is 5.33. The Hall–Kier alpha value is -3.42. The van der Waals surface area contributed by atoms with E-state index in [1.54, 1.807) is 54.2 Å². The maximum atomic E-state index is 12.6. The van der Waals surface area contributed by atoms with Crippen molar-refractivity contribution in [2.45, 2.75) is 13.5 Å². The topological polar surface area (TPSA) is 94.4 Å². The molecule has 1 N–H and O–H groups in total. The summed E-state index contributed by atoms with van der Waals surface area (Å²) < 4.78 is 8.20. The Labute approximate surface area is 135 Å². The molecule has 120 valence electrons. The molecule has 0 spiro atoms. The van der Waals surface area contributed by atoms with Crippen LogP contribution in [0.3, 0.4) is 0 Å². The molecule has 0 fully saturated rings. The van der Waals surface area contributed by atoms with Crippen LogP contribution in [0.2, 0.25) is 0 Å². The first-order valence-corrected chi connectivity index (χ1v) is 7.30. The number of pyridine rings is 1. The molecular weight excluding hydrogens is 310 g/mol. The average molecular weight is 323 g/mol. The number of hydrogen-bond acceptors (Lipinski definition) is 5. The number of nitrogens with zero attached hydrogens (tertiary/aromatic N) is 4. The standard InChI is InChI=1S/C16H13N5O3/c1-10-19-20(9-15(22)18-11-2-5-17-6-3-11)16(23)13-8-14-12(21(10)13)4-7-24-14/h2-8H,9H2,1H3,(H,17,18,22). The van der Waals surface area contributed by atoms with Gasteiger partial charge in [0.25, 0.3) is 5.56 Å². The van der Waals surface area contributed by atoms with E-state index in [0.29, 0.717) is 22.6 Å². The van der Waals surface area contributed by atoms with E-state index in [2.05, 4.69) is 15.4 Å². The number of fused-ring (bicyclic) bond motifs is 3. The lowest BCUT2D eigenvalue weighted by Crippen LogP contribution is -2.31. The third kappa shape index (κ3) is 2.24. The lowest BCUT2D eigenvalue weighted by atomic mass is 10.4. The number of rotatable bonds is 3. The highest BCUT2D eigenvalue weighted by Gasteiger charge is 2.15. The summed E-state index contributed by atoms with van der Waals surface area (Å²) in [4.78, 5) is 28.6. The zero-order valence-corrected chi connectivity index (χ0v) is 12.8. The van der Waals surface area contributed by atoms with E-state index < -0.39 is 0 Å². The molecule has 4 heterocycles. The lowest BCUT2D eigenvalue weighted by Gasteiger charge is -2.09. The van der Waals surface area contributed by atoms with E-state index in [1.807, 2.05) is 0 Å². The van der Waals surface area contributed by atoms with Crippen molar-refractivity contribution in [1.29, 1.82) is 0 Å². The summed E-state index contributed by atoms with van der Waals surface area (Å²) in [5.41, 5.74) is 2.07. The van der Waals surface area contributed by atoms with Gasteiger partial charge in [0.1, 0.15) is 17.9 Å². The second kappa shape index (κ2) is 5.34. The van der Waals surface area contributed by atoms with Gasteiger partial charge in [-0.25, -0.2) is 4.68 Å². The number of anilines is 1. The van der Waals surface area contributed by atoms with Gasteiger partial charge < -0.3 is 9.73 Å². The first-order chi connectivity index (χ1) is 11.6. The van der Waals surface area contributed by atoms with Crippen LogP contribution in [0.4, 0.5) is 5.69 Å². The minimum Gasteiger partial charge on any atom is -0.463 e. The van der Waals surface area contributed by atoms with E-state index in [9.17, 15) is 9.59 Å². The van der Waals surface area contributed by atoms with Gasteiger partial charge in [-0.3, -0.25) is 19.0 Å². The first kappa shape index (κ1) is 14.2. The Morgan fingerprint density at radius 2 is 2.04 bits per heavy atom. The van der Waals surface area contributed by atoms with Crippen LogP contribution < -0.4 is 10.9 Å². The molecule has 8 nitrogen and oxygen atoms in total. The average Bonchev–Trinajstić information content (AvgIpc) is 3.14. The number of aromatic nitrogens is 4. The van der Waals surface area contributed by atoms with Crippen molar-refractivity contribution in [1.82, 2.24) is 19.2 Å². The van der Waals surface area contributed by atoms with Crippen LogP contribution in [-0.4, -0.2) is 25.1 Å². The van der Waals surface area contributed by atoms with Gasteiger partial charge in [-0.1, -0.05) is 0 Å². The predicted molar refractivity (Wildman–Crippen MR) is 86.8 cm³/mol. The molecule has 4 aromatic heterocycles. The van der Waals surface area contributed by atoms with Crippen molar-refractivity contribution < 1.29 is 9.21 Å². The van der Waals surface area contributed by atoms with Gasteiger partial charge in [0.2, 0.25) is 5.91 Å². The Balaban J connectivity index is 1.70. The molecule has 8 heteroatoms. The number of carbonyl (C=O) groups excluding carboxylic acids is 1. The molecule has 1 amide bonds. The summed E-state index contributed by atoms with van der Waals surface area (Å²) in [7, 11) is 0. The fourth-order valence-corrected chi connectivity index (χ4v) is 2.71. The SMILES string of the molecule is Cc1nn(CC(=O)Nc2ccncc2)c(=O)c2cc3occc3n12. The molecule has 0 bridgehead atoms. The number of hydrogen-bond donors (Lipinski definition) is 1. The van der Waals surface area contributed by atoms with Gasteiger partial charge in [0, 0.05) is 30.2 Å². The number of nitrogens with one attached hydrogen (secondary N) is 1. The summed E-state index contributed by atoms with van der Waals surface area (Å²) in [5.74, 6) is 0.257. The Kier molecular flexibility index (Phi) is 3.16. The molecule has 0 saturated carbocycles. The summed E-state index contributed by atoms with van der Waals surface area (Å²) in [5, 5.41) is 6.94. The van der Waals surface area contributed by atoms with Crippen molar-refractivity contribution in [3.63, 3.8) is 0 Å². The normalized spacial score (nSPS) is 11.2. The highest BCUT2D eigenvalue weighted by molar-refractivity contribution is 5.90. The number of furan rings is 1. The molecule has 0 saturated heterocycles. The highest BCUT2D eigenvalue weighted by Crippen LogP contribution is 2.19. The first-order valence-electron chi connectivity index (χ1n) is 7.30. The van der Waals surface area contributed by atoms with Crippen LogP contribution >= 0.6 is 0 Å². The van der Waals surface area contributed by atoms with Crippen molar-refractivity contribution in [3.05, 3.63) is 59.1 Å². The Morgan fingerprint density at radius 3 is 2.83 bits per heavy atom. The molecule has 0 aliphatic carbocycles. The van der Waals surface area contributed by atoms with Crippen LogP contribution in [0.25, 0.3) is 16.6 Å². The van der Waals surface area contributed by atoms with E-state index in [0.717, 1.165) is 10.2 Å². The maximum Gasteiger partial charge on any atom is 0.291 e. The zero-order valence-electron chi connectivity index (χ0n) is 12.8. The van der Waals surface area contributed by atoms with Gasteiger partial charge in [-0.15, -0.1) is 0 Å². The molecule has 24 heavy (non-hydrogen) atoms. The molecule has 0 aliphatic rings. The predicted octanol–water partition coefficient (Wildman–Crippen LogP) is 1.58. The van der Waals surface area contributed by atoms with Gasteiger partial charge in [-0.2, -0.15) is 5.10 Å². The highest BCUT2D eigenvalue weighted by atomic mass is 16.3. The molecule has 4 rings (SSSR count). The smallest absolute Gasteiger partial charge is 0.291 e. The summed E-state index contributed by atoms with van der Waals surface area (Å²) in [6, 6.07) is 6.77. The second-order valence-corrected chi connectivity index (χ2v) is 5.33. The Bertz CT molecular complexity index is 1110. The quantitative estimate of drug-likeness (QED) is 0.618. The molecule has 0 unspecified atom stereocenters. The van der Waals surface area contributed by atoms with E-state index >= 15 is 0 Å². The zero-order chi connectivity index (χ0) is 16.7. The van der Waals surface area contributed by atoms with Gasteiger partial charge in [0.15, 0.2) is 5.58 Å². The van der Waals surface area contributed by atoms with E-state index in [1.165, 1.54) is 0 Å². The van der Waals surface area contributed by atoms with E-state index in [-0.39, 0.29) is 18.0 Å². The molecule has 0 radical (unpaired) electrons. The molecular formula is C16H13N5O3. The summed E-state index contributed by atoms with van der Waals surface area (Å²) in [6.07, 6.45) is 4.71. The van der Waals surface area contributed by atoms with Crippen molar-refractivity contribution >= 4 is 28.2 Å². The summed E-state index contributed by atoms with van der Waals surface area (Å²) >= 11 is 0. The molecule has 0 aliphatic heterocycles. The number of aryl methyl sites for hydroxylation is 1. The van der Waals surface area contributed by atoms with E-state index in [4.69, 9.17) is 4.42 Å². The third-order valence-electron chi connectivity index (χ3n) is 3.72. The van der Waals surface area contributed by atoms with Crippen LogP contribution in [0, 0.1) is 6.92 Å². The fourth-order valence-electron chi connectivity index (χ4n) is 2.71. The van der Waals surface area contributed by atoms with Crippen molar-refractivity contribution in [3.8, 4) is 0 Å². The molecule has 4 aromatic rings. The number of amides is 1. The minimum atomic E-state index is -0.350. The van der Waals surface area contributed by atoms with Crippen LogP contribution in [-0.2, 0) is 11.3 Å². The maximum absolute atomic E-state index is 12.6. The third-order valence-corrected chi connectivity index (χ3v) is 3.72. The van der Waals surface area contributed by atoms with Crippen molar-refractivity contribution in [2.24, 2.45) is 0 Å². The van der Waals surface area contributed by atoms with Crippen LogP contribution in [0.15, 0.2) is 52.1 Å². The van der Waals surface area contributed by atoms with Gasteiger partial charge in [-0.05, 0) is 19.1 Å². The Morgan fingerprint density at radius 1 is 1.25 bits per heavy atom. The largest absolute Gasteiger partial charge is 0.463 e. The lowest BCUT2D eigenvalue weighted by molar-refractivity contribution is -0.117. The van der Waals surface area contributed by atoms with Crippen LogP contribution in [0.5, 0.6) is 0 Å².